The molecule has 0 radical (unpaired) electrons. The van der Waals surface area contributed by atoms with Crippen LogP contribution in [0.1, 0.15) is 70.6 Å². The minimum absolute atomic E-state index is 0.214. The Morgan fingerprint density at radius 2 is 1.33 bits per heavy atom. The summed E-state index contributed by atoms with van der Waals surface area (Å²) in [5.74, 6) is -0.802. The van der Waals surface area contributed by atoms with E-state index >= 15 is 0 Å². The van der Waals surface area contributed by atoms with Crippen LogP contribution in [0.4, 0.5) is 0 Å². The first kappa shape index (κ1) is 14.9. The molecule has 3 heteroatoms. The number of hydrogen-bond donors (Lipinski definition) is 0. The van der Waals surface area contributed by atoms with Crippen molar-refractivity contribution in [3.05, 3.63) is 12.2 Å². The van der Waals surface area contributed by atoms with Crippen molar-refractivity contribution < 1.29 is 14.3 Å². The topological polar surface area (TPSA) is 43.4 Å². The Hall–Kier alpha value is -1.12. The average Bonchev–Trinajstić information content (AvgIpc) is 2.33. The molecule has 1 rings (SSSR count). The number of hydrogen-bond acceptors (Lipinski definition) is 3. The lowest BCUT2D eigenvalue weighted by Crippen LogP contribution is -2.11. The van der Waals surface area contributed by atoms with Gasteiger partial charge >= 0.3 is 11.9 Å². The smallest absolute Gasteiger partial charge is 0.317 e. The maximum Gasteiger partial charge on any atom is 0.317 e. The minimum Gasteiger partial charge on any atom is -0.393 e. The van der Waals surface area contributed by atoms with Gasteiger partial charge in [0.1, 0.15) is 0 Å². The molecule has 1 aliphatic rings. The van der Waals surface area contributed by atoms with Crippen molar-refractivity contribution >= 4 is 11.9 Å². The van der Waals surface area contributed by atoms with Gasteiger partial charge in [0.05, 0.1) is 6.42 Å². The Balaban J connectivity index is 2.32. The van der Waals surface area contributed by atoms with Crippen LogP contribution < -0.4 is 0 Å². The molecule has 0 unspecified atom stereocenters. The summed E-state index contributed by atoms with van der Waals surface area (Å²) in [5, 5.41) is 0. The molecule has 1 heterocycles. The van der Waals surface area contributed by atoms with Crippen LogP contribution in [-0.2, 0) is 14.3 Å². The summed E-state index contributed by atoms with van der Waals surface area (Å²) in [5.41, 5.74) is 0. The van der Waals surface area contributed by atoms with E-state index in [4.69, 9.17) is 4.74 Å². The molecule has 18 heavy (non-hydrogen) atoms. The van der Waals surface area contributed by atoms with E-state index in [1.807, 2.05) is 12.2 Å². The first-order valence-corrected chi connectivity index (χ1v) is 7.17. The number of esters is 2. The van der Waals surface area contributed by atoms with Gasteiger partial charge in [0.15, 0.2) is 0 Å². The number of allylic oxidation sites excluding steroid dienone is 1. The van der Waals surface area contributed by atoms with Gasteiger partial charge < -0.3 is 4.74 Å². The quantitative estimate of drug-likeness (QED) is 0.373. The molecule has 0 aromatic heterocycles. The van der Waals surface area contributed by atoms with E-state index in [0.717, 1.165) is 19.3 Å². The van der Waals surface area contributed by atoms with Gasteiger partial charge in [0.2, 0.25) is 0 Å². The van der Waals surface area contributed by atoms with Crippen LogP contribution in [0.3, 0.4) is 0 Å². The maximum absolute atomic E-state index is 11.3. The summed E-state index contributed by atoms with van der Waals surface area (Å²) in [6.07, 6.45) is 14.8. The van der Waals surface area contributed by atoms with Crippen molar-refractivity contribution in [2.45, 2.75) is 70.6 Å². The molecule has 0 bridgehead atoms. The van der Waals surface area contributed by atoms with Crippen molar-refractivity contribution in [2.24, 2.45) is 0 Å². The predicted molar refractivity (Wildman–Crippen MR) is 71.0 cm³/mol. The monoisotopic (exact) mass is 252 g/mol. The molecule has 102 valence electrons. The van der Waals surface area contributed by atoms with Crippen LogP contribution in [-0.4, -0.2) is 11.9 Å². The third kappa shape index (κ3) is 8.04. The molecule has 0 fully saturated rings. The first-order chi connectivity index (χ1) is 8.79. The summed E-state index contributed by atoms with van der Waals surface area (Å²) in [6, 6.07) is 0. The largest absolute Gasteiger partial charge is 0.393 e. The lowest BCUT2D eigenvalue weighted by Gasteiger charge is -2.03. The highest BCUT2D eigenvalue weighted by Gasteiger charge is 2.08. The number of cyclic esters (lactones) is 2. The molecule has 1 aliphatic heterocycles. The molecule has 0 atom stereocenters. The molecule has 0 amide bonds. The summed E-state index contributed by atoms with van der Waals surface area (Å²) in [7, 11) is 0. The zero-order chi connectivity index (χ0) is 13.1. The van der Waals surface area contributed by atoms with Gasteiger partial charge in [-0.1, -0.05) is 50.7 Å². The Labute approximate surface area is 110 Å². The summed E-state index contributed by atoms with van der Waals surface area (Å²) in [6.45, 7) is 0. The van der Waals surface area contributed by atoms with Gasteiger partial charge in [-0.05, 0) is 19.3 Å². The second-order valence-electron chi connectivity index (χ2n) is 4.89. The van der Waals surface area contributed by atoms with Crippen molar-refractivity contribution in [1.29, 1.82) is 0 Å². The third-order valence-corrected chi connectivity index (χ3v) is 3.18. The summed E-state index contributed by atoms with van der Waals surface area (Å²) < 4.78 is 4.72. The molecule has 0 N–H and O–H groups in total. The van der Waals surface area contributed by atoms with E-state index in [2.05, 4.69) is 0 Å². The minimum atomic E-state index is -0.427. The highest BCUT2D eigenvalue weighted by atomic mass is 16.6. The highest BCUT2D eigenvalue weighted by Crippen LogP contribution is 2.11. The van der Waals surface area contributed by atoms with Gasteiger partial charge in [-0.3, -0.25) is 9.59 Å². The van der Waals surface area contributed by atoms with E-state index < -0.39 is 5.97 Å². The SMILES string of the molecule is O=C1C/C=C/CCCCCCCCCCC(=O)O1. The van der Waals surface area contributed by atoms with Crippen LogP contribution >= 0.6 is 0 Å². The number of rotatable bonds is 0. The van der Waals surface area contributed by atoms with Crippen molar-refractivity contribution in [1.82, 2.24) is 0 Å². The Morgan fingerprint density at radius 1 is 0.722 bits per heavy atom. The van der Waals surface area contributed by atoms with E-state index in [-0.39, 0.29) is 12.4 Å². The lowest BCUT2D eigenvalue weighted by atomic mass is 10.1. The second-order valence-corrected chi connectivity index (χ2v) is 4.89. The Morgan fingerprint density at radius 3 is 2.06 bits per heavy atom. The fourth-order valence-corrected chi connectivity index (χ4v) is 2.11. The Bertz CT molecular complexity index is 281. The molecule has 0 saturated carbocycles. The molecule has 0 aromatic carbocycles. The van der Waals surface area contributed by atoms with Gasteiger partial charge in [0.25, 0.3) is 0 Å². The first-order valence-electron chi connectivity index (χ1n) is 7.17. The standard InChI is InChI=1S/C15H24O3/c16-14-12-10-8-6-4-2-1-3-5-7-9-11-13-15(17)18-14/h8,10H,1-7,9,11-13H2/b10-8+. The molecular formula is C15H24O3. The Kier molecular flexibility index (Phi) is 8.19. The average molecular weight is 252 g/mol. The highest BCUT2D eigenvalue weighted by molar-refractivity contribution is 5.86. The van der Waals surface area contributed by atoms with Crippen LogP contribution in [0.25, 0.3) is 0 Å². The molecule has 0 aliphatic carbocycles. The number of carbonyl (C=O) groups is 2. The fourth-order valence-electron chi connectivity index (χ4n) is 2.11. The van der Waals surface area contributed by atoms with Crippen LogP contribution in [0.15, 0.2) is 12.2 Å². The predicted octanol–water partition coefficient (Wildman–Crippen LogP) is 3.92. The zero-order valence-corrected chi connectivity index (χ0v) is 11.2. The molecule has 0 saturated heterocycles. The van der Waals surface area contributed by atoms with Gasteiger partial charge in [-0.2, -0.15) is 0 Å². The number of carbonyl (C=O) groups excluding carboxylic acids is 2. The number of ether oxygens (including phenoxy) is 1. The molecule has 3 nitrogen and oxygen atoms in total. The summed E-state index contributed by atoms with van der Waals surface area (Å²) in [4.78, 5) is 22.6. The van der Waals surface area contributed by atoms with Crippen LogP contribution in [0.2, 0.25) is 0 Å². The third-order valence-electron chi connectivity index (χ3n) is 3.18. The van der Waals surface area contributed by atoms with Gasteiger partial charge in [-0.15, -0.1) is 0 Å². The van der Waals surface area contributed by atoms with Crippen LogP contribution in [0, 0.1) is 0 Å². The van der Waals surface area contributed by atoms with Crippen LogP contribution in [0.5, 0.6) is 0 Å². The van der Waals surface area contributed by atoms with Gasteiger partial charge in [-0.25, -0.2) is 0 Å². The van der Waals surface area contributed by atoms with E-state index in [1.165, 1.54) is 38.5 Å². The van der Waals surface area contributed by atoms with E-state index in [0.29, 0.717) is 6.42 Å². The molecular weight excluding hydrogens is 228 g/mol. The fraction of sp³-hybridized carbons (Fsp3) is 0.733. The molecule has 0 spiro atoms. The van der Waals surface area contributed by atoms with E-state index in [1.54, 1.807) is 0 Å². The van der Waals surface area contributed by atoms with Crippen molar-refractivity contribution in [3.8, 4) is 0 Å². The van der Waals surface area contributed by atoms with Crippen molar-refractivity contribution in [3.63, 3.8) is 0 Å². The second kappa shape index (κ2) is 9.86. The van der Waals surface area contributed by atoms with Gasteiger partial charge in [0, 0.05) is 6.42 Å². The van der Waals surface area contributed by atoms with E-state index in [9.17, 15) is 9.59 Å². The normalized spacial score (nSPS) is 23.3. The zero-order valence-electron chi connectivity index (χ0n) is 11.2. The van der Waals surface area contributed by atoms with Crippen molar-refractivity contribution in [2.75, 3.05) is 0 Å². The summed E-state index contributed by atoms with van der Waals surface area (Å²) >= 11 is 0. The lowest BCUT2D eigenvalue weighted by molar-refractivity contribution is -0.159. The molecule has 0 aromatic rings. The maximum atomic E-state index is 11.3.